The number of fused-ring (bicyclic) bond motifs is 1. The topological polar surface area (TPSA) is 48.5 Å². The fraction of sp³-hybridized carbons (Fsp3) is 0.429. The molecule has 2 aliphatic rings. The fourth-order valence-electron chi connectivity index (χ4n) is 4.01. The third-order valence-electron chi connectivity index (χ3n) is 5.53. The lowest BCUT2D eigenvalue weighted by Crippen LogP contribution is -2.46. The number of nitrogens with zero attached hydrogens (tertiary/aromatic N) is 3. The molecule has 1 aromatic carbocycles. The SMILES string of the molecule is O=C1Nc2ccc(F)cc2C1CCCCN1CCN(c2ccccn2)CC1. The molecule has 0 radical (unpaired) electrons. The van der Waals surface area contributed by atoms with E-state index in [4.69, 9.17) is 0 Å². The van der Waals surface area contributed by atoms with E-state index in [1.54, 1.807) is 6.07 Å². The number of rotatable bonds is 6. The van der Waals surface area contributed by atoms with Gasteiger partial charge in [-0.1, -0.05) is 12.5 Å². The Labute approximate surface area is 159 Å². The van der Waals surface area contributed by atoms with Crippen molar-refractivity contribution in [2.24, 2.45) is 0 Å². The van der Waals surface area contributed by atoms with E-state index in [0.29, 0.717) is 0 Å². The van der Waals surface area contributed by atoms with Crippen LogP contribution < -0.4 is 10.2 Å². The molecule has 0 aliphatic carbocycles. The molecule has 1 saturated heterocycles. The quantitative estimate of drug-likeness (QED) is 0.795. The van der Waals surface area contributed by atoms with Crippen LogP contribution in [-0.2, 0) is 4.79 Å². The Kier molecular flexibility index (Phi) is 5.34. The van der Waals surface area contributed by atoms with Crippen LogP contribution in [0.3, 0.4) is 0 Å². The van der Waals surface area contributed by atoms with E-state index in [1.807, 2.05) is 18.3 Å². The number of anilines is 2. The number of amides is 1. The molecule has 2 aromatic rings. The van der Waals surface area contributed by atoms with Crippen LogP contribution in [0, 0.1) is 5.82 Å². The van der Waals surface area contributed by atoms with Crippen molar-refractivity contribution < 1.29 is 9.18 Å². The summed E-state index contributed by atoms with van der Waals surface area (Å²) in [6.07, 6.45) is 4.63. The molecule has 5 nitrogen and oxygen atoms in total. The fourth-order valence-corrected chi connectivity index (χ4v) is 4.01. The van der Waals surface area contributed by atoms with Gasteiger partial charge in [-0.15, -0.1) is 0 Å². The van der Waals surface area contributed by atoms with Gasteiger partial charge >= 0.3 is 0 Å². The van der Waals surface area contributed by atoms with Crippen LogP contribution in [0.25, 0.3) is 0 Å². The van der Waals surface area contributed by atoms with E-state index in [-0.39, 0.29) is 17.6 Å². The first-order chi connectivity index (χ1) is 13.2. The molecule has 1 atom stereocenters. The van der Waals surface area contributed by atoms with E-state index >= 15 is 0 Å². The number of carbonyl (C=O) groups excluding carboxylic acids is 1. The first-order valence-corrected chi connectivity index (χ1v) is 9.69. The molecule has 27 heavy (non-hydrogen) atoms. The molecule has 1 fully saturated rings. The number of hydrogen-bond acceptors (Lipinski definition) is 4. The summed E-state index contributed by atoms with van der Waals surface area (Å²) in [7, 11) is 0. The summed E-state index contributed by atoms with van der Waals surface area (Å²) in [5.41, 5.74) is 1.57. The molecule has 1 amide bonds. The first-order valence-electron chi connectivity index (χ1n) is 9.69. The minimum atomic E-state index is -0.277. The summed E-state index contributed by atoms with van der Waals surface area (Å²) in [6.45, 7) is 5.10. The zero-order valence-electron chi connectivity index (χ0n) is 15.4. The number of unbranched alkanes of at least 4 members (excludes halogenated alkanes) is 1. The monoisotopic (exact) mass is 368 g/mol. The van der Waals surface area contributed by atoms with Crippen molar-refractivity contribution in [3.8, 4) is 0 Å². The summed E-state index contributed by atoms with van der Waals surface area (Å²) in [5.74, 6) is 0.563. The average molecular weight is 368 g/mol. The molecule has 142 valence electrons. The van der Waals surface area contributed by atoms with Crippen LogP contribution in [0.4, 0.5) is 15.9 Å². The maximum absolute atomic E-state index is 13.5. The smallest absolute Gasteiger partial charge is 0.232 e. The van der Waals surface area contributed by atoms with Crippen LogP contribution in [0.15, 0.2) is 42.6 Å². The molecule has 0 saturated carbocycles. The highest BCUT2D eigenvalue weighted by Gasteiger charge is 2.30. The molecule has 3 heterocycles. The van der Waals surface area contributed by atoms with E-state index in [9.17, 15) is 9.18 Å². The average Bonchev–Trinajstić information content (AvgIpc) is 3.01. The van der Waals surface area contributed by atoms with Gasteiger partial charge in [-0.3, -0.25) is 9.69 Å². The predicted molar refractivity (Wildman–Crippen MR) is 105 cm³/mol. The number of pyridine rings is 1. The van der Waals surface area contributed by atoms with Crippen molar-refractivity contribution in [2.75, 3.05) is 42.9 Å². The second-order valence-electron chi connectivity index (χ2n) is 7.29. The van der Waals surface area contributed by atoms with Gasteiger partial charge in [-0.05, 0) is 55.3 Å². The van der Waals surface area contributed by atoms with Crippen LogP contribution in [-0.4, -0.2) is 48.5 Å². The van der Waals surface area contributed by atoms with Crippen molar-refractivity contribution in [2.45, 2.75) is 25.2 Å². The van der Waals surface area contributed by atoms with Crippen molar-refractivity contribution in [3.63, 3.8) is 0 Å². The molecule has 0 bridgehead atoms. The predicted octanol–water partition coefficient (Wildman–Crippen LogP) is 3.25. The number of hydrogen-bond donors (Lipinski definition) is 1. The van der Waals surface area contributed by atoms with Gasteiger partial charge in [0.15, 0.2) is 0 Å². The minimum Gasteiger partial charge on any atom is -0.354 e. The zero-order chi connectivity index (χ0) is 18.6. The van der Waals surface area contributed by atoms with Crippen molar-refractivity contribution >= 4 is 17.4 Å². The molecule has 1 N–H and O–H groups in total. The molecular weight excluding hydrogens is 343 g/mol. The highest BCUT2D eigenvalue weighted by atomic mass is 19.1. The summed E-state index contributed by atoms with van der Waals surface area (Å²) in [6, 6.07) is 10.6. The third-order valence-corrected chi connectivity index (χ3v) is 5.53. The van der Waals surface area contributed by atoms with E-state index < -0.39 is 0 Å². The van der Waals surface area contributed by atoms with Gasteiger partial charge in [0.05, 0.1) is 5.92 Å². The number of aromatic nitrogens is 1. The molecule has 0 spiro atoms. The highest BCUT2D eigenvalue weighted by molar-refractivity contribution is 6.02. The lowest BCUT2D eigenvalue weighted by atomic mass is 9.95. The van der Waals surface area contributed by atoms with Gasteiger partial charge in [0.25, 0.3) is 0 Å². The lowest BCUT2D eigenvalue weighted by Gasteiger charge is -2.35. The van der Waals surface area contributed by atoms with Gasteiger partial charge in [-0.25, -0.2) is 9.37 Å². The third kappa shape index (κ3) is 4.11. The molecule has 1 unspecified atom stereocenters. The van der Waals surface area contributed by atoms with E-state index in [1.165, 1.54) is 12.1 Å². The Morgan fingerprint density at radius 3 is 2.74 bits per heavy atom. The Bertz CT molecular complexity index is 790. The van der Waals surface area contributed by atoms with Gasteiger partial charge in [-0.2, -0.15) is 0 Å². The Morgan fingerprint density at radius 2 is 1.96 bits per heavy atom. The Morgan fingerprint density at radius 1 is 1.11 bits per heavy atom. The summed E-state index contributed by atoms with van der Waals surface area (Å²) in [4.78, 5) is 21.4. The van der Waals surface area contributed by atoms with Gasteiger partial charge in [0.2, 0.25) is 5.91 Å². The van der Waals surface area contributed by atoms with Crippen LogP contribution in [0.2, 0.25) is 0 Å². The first kappa shape index (κ1) is 17.9. The van der Waals surface area contributed by atoms with Gasteiger partial charge in [0, 0.05) is 38.1 Å². The normalized spacial score (nSPS) is 19.8. The van der Waals surface area contributed by atoms with Crippen molar-refractivity contribution in [1.29, 1.82) is 0 Å². The second-order valence-corrected chi connectivity index (χ2v) is 7.29. The standard InChI is InChI=1S/C21H25FN4O/c22-16-7-8-19-18(15-16)17(21(27)24-19)5-2-4-10-25-11-13-26(14-12-25)20-6-1-3-9-23-20/h1,3,6-9,15,17H,2,4-5,10-14H2,(H,24,27). The minimum absolute atomic E-state index is 0.000393. The van der Waals surface area contributed by atoms with Crippen molar-refractivity contribution in [3.05, 3.63) is 54.0 Å². The maximum atomic E-state index is 13.5. The molecule has 6 heteroatoms. The number of nitrogens with one attached hydrogen (secondary N) is 1. The number of piperazine rings is 1. The molecule has 4 rings (SSSR count). The highest BCUT2D eigenvalue weighted by Crippen LogP contribution is 2.36. The summed E-state index contributed by atoms with van der Waals surface area (Å²) >= 11 is 0. The zero-order valence-corrected chi connectivity index (χ0v) is 15.4. The van der Waals surface area contributed by atoms with Gasteiger partial charge < -0.3 is 10.2 Å². The maximum Gasteiger partial charge on any atom is 0.232 e. The largest absolute Gasteiger partial charge is 0.354 e. The van der Waals surface area contributed by atoms with Crippen LogP contribution >= 0.6 is 0 Å². The molecular formula is C21H25FN4O. The second kappa shape index (κ2) is 8.05. The number of benzene rings is 1. The summed E-state index contributed by atoms with van der Waals surface area (Å²) in [5, 5.41) is 2.86. The molecule has 2 aliphatic heterocycles. The van der Waals surface area contributed by atoms with Crippen molar-refractivity contribution in [1.82, 2.24) is 9.88 Å². The Hall–Kier alpha value is -2.47. The molecule has 1 aromatic heterocycles. The van der Waals surface area contributed by atoms with E-state index in [0.717, 1.165) is 69.1 Å². The van der Waals surface area contributed by atoms with Crippen LogP contribution in [0.5, 0.6) is 0 Å². The van der Waals surface area contributed by atoms with Crippen LogP contribution in [0.1, 0.15) is 30.7 Å². The number of halogens is 1. The number of carbonyl (C=O) groups is 1. The lowest BCUT2D eigenvalue weighted by molar-refractivity contribution is -0.117. The Balaban J connectivity index is 1.21. The van der Waals surface area contributed by atoms with E-state index in [2.05, 4.69) is 26.2 Å². The van der Waals surface area contributed by atoms with Gasteiger partial charge in [0.1, 0.15) is 11.6 Å². The summed E-state index contributed by atoms with van der Waals surface area (Å²) < 4.78 is 13.5.